The lowest BCUT2D eigenvalue weighted by Gasteiger charge is -1.99. The maximum atomic E-state index is 5.54. The topological polar surface area (TPSA) is 64.7 Å². The molecular weight excluding hydrogens is 260 g/mol. The number of nitrogens with two attached hydrogens (primary N) is 1. The second kappa shape index (κ2) is 5.62. The highest BCUT2D eigenvalue weighted by Gasteiger charge is 2.05. The highest BCUT2D eigenvalue weighted by atomic mass is 32.2. The Morgan fingerprint density at radius 2 is 2.19 bits per heavy atom. The first-order chi connectivity index (χ1) is 7.81. The van der Waals surface area contributed by atoms with E-state index in [1.165, 1.54) is 0 Å². The fourth-order valence-corrected chi connectivity index (χ4v) is 3.52. The van der Waals surface area contributed by atoms with Crippen LogP contribution < -0.4 is 5.73 Å². The van der Waals surface area contributed by atoms with Crippen LogP contribution in [0.1, 0.15) is 5.69 Å². The van der Waals surface area contributed by atoms with Crippen LogP contribution in [0.5, 0.6) is 0 Å². The van der Waals surface area contributed by atoms with Gasteiger partial charge >= 0.3 is 0 Å². The van der Waals surface area contributed by atoms with E-state index >= 15 is 0 Å². The lowest BCUT2D eigenvalue weighted by atomic mass is 10.3. The molecule has 0 aromatic carbocycles. The third-order valence-electron chi connectivity index (χ3n) is 1.76. The van der Waals surface area contributed by atoms with Crippen LogP contribution in [0.25, 0.3) is 0 Å². The lowest BCUT2D eigenvalue weighted by Crippen LogP contribution is -1.98. The molecule has 0 bridgehead atoms. The zero-order valence-corrected chi connectivity index (χ0v) is 11.0. The Bertz CT molecular complexity index is 471. The summed E-state index contributed by atoms with van der Waals surface area (Å²) in [7, 11) is 0. The molecule has 0 saturated heterocycles. The van der Waals surface area contributed by atoms with Crippen molar-refractivity contribution in [2.75, 3.05) is 6.26 Å². The second-order valence-electron chi connectivity index (χ2n) is 2.83. The molecule has 84 valence electrons. The van der Waals surface area contributed by atoms with Crippen molar-refractivity contribution in [3.05, 3.63) is 24.0 Å². The van der Waals surface area contributed by atoms with Gasteiger partial charge in [0.2, 0.25) is 0 Å². The number of hydrogen-bond acceptors (Lipinski definition) is 7. The molecule has 0 fully saturated rings. The average Bonchev–Trinajstić information content (AvgIpc) is 2.77. The molecule has 0 radical (unpaired) electrons. The largest absolute Gasteiger partial charge is 0.325 e. The van der Waals surface area contributed by atoms with Crippen molar-refractivity contribution in [1.29, 1.82) is 0 Å². The zero-order valence-electron chi connectivity index (χ0n) is 8.58. The summed E-state index contributed by atoms with van der Waals surface area (Å²) in [4.78, 5) is 5.24. The Labute approximate surface area is 106 Å². The normalized spacial score (nSPS) is 10.6. The Hall–Kier alpha value is -0.630. The fraction of sp³-hybridized carbons (Fsp3) is 0.222. The average molecular weight is 270 g/mol. The molecule has 0 aliphatic heterocycles. The molecule has 0 unspecified atom stereocenters. The summed E-state index contributed by atoms with van der Waals surface area (Å²) in [6.45, 7) is 0.459. The van der Waals surface area contributed by atoms with Crippen molar-refractivity contribution >= 4 is 34.9 Å². The van der Waals surface area contributed by atoms with E-state index in [1.54, 1.807) is 41.1 Å². The molecule has 0 amide bonds. The number of nitrogens with zero attached hydrogens (tertiary/aromatic N) is 3. The van der Waals surface area contributed by atoms with E-state index in [1.807, 2.05) is 18.4 Å². The van der Waals surface area contributed by atoms with Gasteiger partial charge in [-0.05, 0) is 18.4 Å². The van der Waals surface area contributed by atoms with Gasteiger partial charge < -0.3 is 5.73 Å². The monoisotopic (exact) mass is 270 g/mol. The van der Waals surface area contributed by atoms with Gasteiger partial charge in [0.15, 0.2) is 8.68 Å². The molecule has 4 nitrogen and oxygen atoms in total. The first kappa shape index (κ1) is 11.8. The van der Waals surface area contributed by atoms with E-state index < -0.39 is 0 Å². The van der Waals surface area contributed by atoms with Crippen LogP contribution >= 0.6 is 34.9 Å². The number of rotatable bonds is 4. The number of hydrogen-bond donors (Lipinski definition) is 1. The zero-order chi connectivity index (χ0) is 11.4. The van der Waals surface area contributed by atoms with E-state index in [-0.39, 0.29) is 0 Å². The highest BCUT2D eigenvalue weighted by molar-refractivity contribution is 8.03. The highest BCUT2D eigenvalue weighted by Crippen LogP contribution is 2.32. The van der Waals surface area contributed by atoms with Crippen molar-refractivity contribution in [3.63, 3.8) is 0 Å². The van der Waals surface area contributed by atoms with Gasteiger partial charge in [-0.2, -0.15) is 0 Å². The summed E-state index contributed by atoms with van der Waals surface area (Å²) in [5.41, 5.74) is 6.43. The molecule has 2 aromatic rings. The lowest BCUT2D eigenvalue weighted by molar-refractivity contribution is 0.953. The Balaban J connectivity index is 2.13. The number of pyridine rings is 1. The predicted octanol–water partition coefficient (Wildman–Crippen LogP) is 2.26. The summed E-state index contributed by atoms with van der Waals surface area (Å²) in [5.74, 6) is 0. The molecule has 7 heteroatoms. The number of aromatic nitrogens is 3. The molecule has 2 heterocycles. The van der Waals surface area contributed by atoms with E-state index in [4.69, 9.17) is 5.73 Å². The van der Waals surface area contributed by atoms with Gasteiger partial charge in [-0.1, -0.05) is 34.9 Å². The minimum absolute atomic E-state index is 0.459. The quantitative estimate of drug-likeness (QED) is 0.860. The van der Waals surface area contributed by atoms with Gasteiger partial charge in [0.1, 0.15) is 0 Å². The maximum absolute atomic E-state index is 5.54. The SMILES string of the molecule is CSc1nnc(Sc2ccnc(CN)c2)s1. The second-order valence-corrected chi connectivity index (χ2v) is 6.18. The molecule has 2 rings (SSSR count). The van der Waals surface area contributed by atoms with Crippen molar-refractivity contribution in [2.45, 2.75) is 20.1 Å². The Morgan fingerprint density at radius 3 is 2.88 bits per heavy atom. The van der Waals surface area contributed by atoms with Gasteiger partial charge in [-0.3, -0.25) is 4.98 Å². The minimum Gasteiger partial charge on any atom is -0.325 e. The summed E-state index contributed by atoms with van der Waals surface area (Å²) in [5, 5.41) is 8.14. The minimum atomic E-state index is 0.459. The molecule has 16 heavy (non-hydrogen) atoms. The molecule has 0 aliphatic carbocycles. The maximum Gasteiger partial charge on any atom is 0.179 e. The van der Waals surface area contributed by atoms with Crippen molar-refractivity contribution in [3.8, 4) is 0 Å². The van der Waals surface area contributed by atoms with Gasteiger partial charge in [-0.15, -0.1) is 10.2 Å². The van der Waals surface area contributed by atoms with Gasteiger partial charge in [0.05, 0.1) is 5.69 Å². The predicted molar refractivity (Wildman–Crippen MR) is 67.9 cm³/mol. The molecule has 0 spiro atoms. The van der Waals surface area contributed by atoms with E-state index in [0.717, 1.165) is 19.3 Å². The summed E-state index contributed by atoms with van der Waals surface area (Å²) in [6, 6.07) is 3.93. The van der Waals surface area contributed by atoms with Crippen LogP contribution in [0.4, 0.5) is 0 Å². The fourth-order valence-electron chi connectivity index (χ4n) is 1.05. The first-order valence-corrected chi connectivity index (χ1v) is 7.38. The summed E-state index contributed by atoms with van der Waals surface area (Å²) >= 11 is 4.79. The van der Waals surface area contributed by atoms with Crippen molar-refractivity contribution in [2.24, 2.45) is 5.73 Å². The van der Waals surface area contributed by atoms with Crippen molar-refractivity contribution < 1.29 is 0 Å². The van der Waals surface area contributed by atoms with Crippen LogP contribution in [-0.2, 0) is 6.54 Å². The third kappa shape index (κ3) is 2.94. The molecular formula is C9H10N4S3. The third-order valence-corrected chi connectivity index (χ3v) is 4.70. The molecule has 0 saturated carbocycles. The molecule has 0 aliphatic rings. The van der Waals surface area contributed by atoms with Crippen LogP contribution in [0.3, 0.4) is 0 Å². The van der Waals surface area contributed by atoms with Gasteiger partial charge in [0.25, 0.3) is 0 Å². The Kier molecular flexibility index (Phi) is 4.16. The van der Waals surface area contributed by atoms with Gasteiger partial charge in [-0.25, -0.2) is 0 Å². The number of thioether (sulfide) groups is 1. The smallest absolute Gasteiger partial charge is 0.179 e. The molecule has 2 N–H and O–H groups in total. The van der Waals surface area contributed by atoms with Crippen LogP contribution in [0, 0.1) is 0 Å². The van der Waals surface area contributed by atoms with Crippen molar-refractivity contribution in [1.82, 2.24) is 15.2 Å². The van der Waals surface area contributed by atoms with E-state index in [0.29, 0.717) is 6.54 Å². The van der Waals surface area contributed by atoms with Crippen LogP contribution in [0.15, 0.2) is 31.9 Å². The standard InChI is InChI=1S/C9H10N4S3/c1-14-8-12-13-9(16-8)15-7-2-3-11-6(4-7)5-10/h2-4H,5,10H2,1H3. The molecule has 0 atom stereocenters. The van der Waals surface area contributed by atoms with E-state index in [9.17, 15) is 0 Å². The van der Waals surface area contributed by atoms with E-state index in [2.05, 4.69) is 15.2 Å². The first-order valence-electron chi connectivity index (χ1n) is 4.52. The molecule has 2 aromatic heterocycles. The summed E-state index contributed by atoms with van der Waals surface area (Å²) in [6.07, 6.45) is 3.76. The Morgan fingerprint density at radius 1 is 1.38 bits per heavy atom. The van der Waals surface area contributed by atoms with Crippen LogP contribution in [-0.4, -0.2) is 21.4 Å². The van der Waals surface area contributed by atoms with Gasteiger partial charge in [0, 0.05) is 17.6 Å². The van der Waals surface area contributed by atoms with Crippen LogP contribution in [0.2, 0.25) is 0 Å². The summed E-state index contributed by atoms with van der Waals surface area (Å²) < 4.78 is 1.93.